The first kappa shape index (κ1) is 48.2. The van der Waals surface area contributed by atoms with Crippen LogP contribution >= 0.6 is 0 Å². The monoisotopic (exact) mass is 714 g/mol. The minimum atomic E-state index is -0.399. The summed E-state index contributed by atoms with van der Waals surface area (Å²) in [5, 5.41) is 2.75. The Hall–Kier alpha value is -1.75. The van der Waals surface area contributed by atoms with Crippen molar-refractivity contribution in [3.05, 3.63) is 0 Å². The van der Waals surface area contributed by atoms with Crippen molar-refractivity contribution in [3.8, 4) is 0 Å². The maximum atomic E-state index is 13.3. The van der Waals surface area contributed by atoms with E-state index in [0.717, 1.165) is 38.8 Å². The van der Waals surface area contributed by atoms with Gasteiger partial charge < -0.3 is 24.6 Å². The Morgan fingerprint density at radius 2 is 0.940 bits per heavy atom. The number of unbranched alkanes of at least 4 members (excludes halogenated alkanes) is 22. The highest BCUT2D eigenvalue weighted by atomic mass is 17.2. The molecule has 0 aliphatic rings. The van der Waals surface area contributed by atoms with Crippen LogP contribution in [0, 0.1) is 0 Å². The van der Waals surface area contributed by atoms with Crippen molar-refractivity contribution in [2.75, 3.05) is 73.4 Å². The van der Waals surface area contributed by atoms with E-state index >= 15 is 0 Å². The van der Waals surface area contributed by atoms with Crippen molar-refractivity contribution in [3.63, 3.8) is 0 Å². The molecule has 0 radical (unpaired) electrons. The van der Waals surface area contributed by atoms with Crippen molar-refractivity contribution in [1.82, 2.24) is 15.1 Å². The number of amides is 3. The fourth-order valence-corrected chi connectivity index (χ4v) is 6.08. The van der Waals surface area contributed by atoms with Crippen LogP contribution in [0.25, 0.3) is 0 Å². The highest BCUT2D eigenvalue weighted by Crippen LogP contribution is 2.14. The van der Waals surface area contributed by atoms with E-state index in [1.165, 1.54) is 140 Å². The van der Waals surface area contributed by atoms with E-state index in [0.29, 0.717) is 13.2 Å². The first-order valence-corrected chi connectivity index (χ1v) is 20.5. The summed E-state index contributed by atoms with van der Waals surface area (Å²) in [6.45, 7) is 6.69. The maximum Gasteiger partial charge on any atom is 0.252 e. The van der Waals surface area contributed by atoms with Crippen LogP contribution in [0.2, 0.25) is 0 Å². The van der Waals surface area contributed by atoms with Crippen molar-refractivity contribution < 1.29 is 33.6 Å². The zero-order valence-corrected chi connectivity index (χ0v) is 33.1. The molecular weight excluding hydrogens is 634 g/mol. The van der Waals surface area contributed by atoms with Crippen LogP contribution in [-0.4, -0.2) is 101 Å². The lowest BCUT2D eigenvalue weighted by Crippen LogP contribution is -2.47. The number of methoxy groups -OCH3 is 1. The number of nitrogens with zero attached hydrogens (tertiary/aromatic N) is 2. The highest BCUT2D eigenvalue weighted by Gasteiger charge is 2.19. The number of hydrogen-bond acceptors (Lipinski definition) is 7. The molecule has 50 heavy (non-hydrogen) atoms. The Bertz CT molecular complexity index is 743. The van der Waals surface area contributed by atoms with E-state index in [-0.39, 0.29) is 38.8 Å². The molecule has 0 unspecified atom stereocenters. The minimum Gasteiger partial charge on any atom is -0.382 e. The smallest absolute Gasteiger partial charge is 0.252 e. The van der Waals surface area contributed by atoms with E-state index < -0.39 is 11.8 Å². The molecule has 0 saturated carbocycles. The number of nitrogens with one attached hydrogen (secondary N) is 1. The molecule has 296 valence electrons. The summed E-state index contributed by atoms with van der Waals surface area (Å²) in [6, 6.07) is 0. The summed E-state index contributed by atoms with van der Waals surface area (Å²) in [5.41, 5.74) is 0. The standard InChI is InChI=1S/C40H79N3O7/c1-5-7-9-11-13-15-17-19-21-23-25-27-29-42(30-28-26-24-22-20-18-16-14-12-10-8-6-2)39(45)35-41-38(44)36-43(40(46)37-50-48-4)31-32-49-34-33-47-3/h5-37H2,1-4H3,(H,41,44). The van der Waals surface area contributed by atoms with Gasteiger partial charge in [-0.25, -0.2) is 9.78 Å². The molecule has 0 bridgehead atoms. The third kappa shape index (κ3) is 32.2. The van der Waals surface area contributed by atoms with E-state index in [4.69, 9.17) is 14.4 Å². The summed E-state index contributed by atoms with van der Waals surface area (Å²) in [6.07, 6.45) is 30.7. The summed E-state index contributed by atoms with van der Waals surface area (Å²) in [5.74, 6) is -0.853. The Morgan fingerprint density at radius 1 is 0.500 bits per heavy atom. The molecule has 0 aliphatic carbocycles. The molecule has 1 N–H and O–H groups in total. The van der Waals surface area contributed by atoms with E-state index in [2.05, 4.69) is 24.1 Å². The second kappa shape index (κ2) is 38.5. The number of carbonyl (C=O) groups is 3. The fourth-order valence-electron chi connectivity index (χ4n) is 6.08. The molecule has 0 spiro atoms. The number of carbonyl (C=O) groups excluding carboxylic acids is 3. The largest absolute Gasteiger partial charge is 0.382 e. The third-order valence-corrected chi connectivity index (χ3v) is 9.28. The molecule has 0 saturated heterocycles. The number of ether oxygens (including phenoxy) is 2. The van der Waals surface area contributed by atoms with Gasteiger partial charge in [-0.15, -0.1) is 0 Å². The SMILES string of the molecule is CCCCCCCCCCCCCCN(CCCCCCCCCCCCCC)C(=O)CNC(=O)CN(CCOCCOC)C(=O)COOC. The van der Waals surface area contributed by atoms with Gasteiger partial charge in [-0.05, 0) is 12.8 Å². The number of hydrogen-bond donors (Lipinski definition) is 1. The normalized spacial score (nSPS) is 11.2. The molecule has 0 atom stereocenters. The van der Waals surface area contributed by atoms with Crippen LogP contribution in [0.5, 0.6) is 0 Å². The van der Waals surface area contributed by atoms with Crippen LogP contribution in [0.15, 0.2) is 0 Å². The van der Waals surface area contributed by atoms with Crippen LogP contribution < -0.4 is 5.32 Å². The van der Waals surface area contributed by atoms with Crippen molar-refractivity contribution >= 4 is 17.7 Å². The summed E-state index contributed by atoms with van der Waals surface area (Å²) >= 11 is 0. The fraction of sp³-hybridized carbons (Fsp3) is 0.925. The highest BCUT2D eigenvalue weighted by molar-refractivity contribution is 5.88. The summed E-state index contributed by atoms with van der Waals surface area (Å²) < 4.78 is 10.5. The maximum absolute atomic E-state index is 13.3. The molecule has 0 fully saturated rings. The van der Waals surface area contributed by atoms with Crippen molar-refractivity contribution in [2.45, 2.75) is 168 Å². The van der Waals surface area contributed by atoms with Crippen molar-refractivity contribution in [1.29, 1.82) is 0 Å². The molecule has 0 aromatic rings. The van der Waals surface area contributed by atoms with E-state index in [1.54, 1.807) is 7.11 Å². The molecule has 10 heteroatoms. The number of rotatable bonds is 39. The Morgan fingerprint density at radius 3 is 1.36 bits per heavy atom. The van der Waals surface area contributed by atoms with Gasteiger partial charge in [0.15, 0.2) is 6.61 Å². The Labute approximate surface area is 307 Å². The summed E-state index contributed by atoms with van der Waals surface area (Å²) in [7, 11) is 2.91. The van der Waals surface area contributed by atoms with Gasteiger partial charge in [-0.2, -0.15) is 0 Å². The third-order valence-electron chi connectivity index (χ3n) is 9.28. The van der Waals surface area contributed by atoms with Gasteiger partial charge in [0, 0.05) is 26.7 Å². The van der Waals surface area contributed by atoms with Crippen LogP contribution in [0.4, 0.5) is 0 Å². The summed E-state index contributed by atoms with van der Waals surface area (Å²) in [4.78, 5) is 51.3. The lowest BCUT2D eigenvalue weighted by molar-refractivity contribution is -0.269. The van der Waals surface area contributed by atoms with E-state index in [1.807, 2.05) is 4.90 Å². The van der Waals surface area contributed by atoms with Gasteiger partial charge in [0.2, 0.25) is 11.8 Å². The Kier molecular flexibility index (Phi) is 37.1. The topological polar surface area (TPSA) is 107 Å². The van der Waals surface area contributed by atoms with E-state index in [9.17, 15) is 14.4 Å². The van der Waals surface area contributed by atoms with Gasteiger partial charge in [-0.1, -0.05) is 155 Å². The molecule has 10 nitrogen and oxygen atoms in total. The van der Waals surface area contributed by atoms with Gasteiger partial charge in [0.25, 0.3) is 5.91 Å². The second-order valence-corrected chi connectivity index (χ2v) is 13.8. The zero-order chi connectivity index (χ0) is 36.8. The average molecular weight is 714 g/mol. The van der Waals surface area contributed by atoms with Gasteiger partial charge in [0.1, 0.15) is 0 Å². The second-order valence-electron chi connectivity index (χ2n) is 13.8. The molecule has 0 rings (SSSR count). The first-order chi connectivity index (χ1) is 24.5. The predicted octanol–water partition coefficient (Wildman–Crippen LogP) is 8.40. The molecule has 0 aromatic heterocycles. The Balaban J connectivity index is 4.68. The lowest BCUT2D eigenvalue weighted by Gasteiger charge is -2.24. The van der Waals surface area contributed by atoms with Crippen LogP contribution in [0.3, 0.4) is 0 Å². The quantitative estimate of drug-likeness (QED) is 0.0387. The van der Waals surface area contributed by atoms with Gasteiger partial charge in [0.05, 0.1) is 40.0 Å². The molecule has 3 amide bonds. The average Bonchev–Trinajstić information content (AvgIpc) is 3.12. The molecular formula is C40H79N3O7. The van der Waals surface area contributed by atoms with Crippen molar-refractivity contribution in [2.24, 2.45) is 0 Å². The lowest BCUT2D eigenvalue weighted by atomic mass is 10.0. The molecule has 0 heterocycles. The molecule has 0 aliphatic heterocycles. The van der Waals surface area contributed by atoms with Gasteiger partial charge >= 0.3 is 0 Å². The van der Waals surface area contributed by atoms with Gasteiger partial charge in [-0.3, -0.25) is 14.4 Å². The molecule has 0 aromatic carbocycles. The first-order valence-electron chi connectivity index (χ1n) is 20.5. The zero-order valence-electron chi connectivity index (χ0n) is 33.1. The predicted molar refractivity (Wildman–Crippen MR) is 204 cm³/mol. The van der Waals surface area contributed by atoms with Crippen LogP contribution in [-0.2, 0) is 33.6 Å². The minimum absolute atomic E-state index is 0.0620. The van der Waals surface area contributed by atoms with Crippen LogP contribution in [0.1, 0.15) is 168 Å².